The summed E-state index contributed by atoms with van der Waals surface area (Å²) >= 11 is 0. The molecule has 0 aliphatic carbocycles. The molecule has 2 atom stereocenters. The van der Waals surface area contributed by atoms with Crippen LogP contribution in [0.5, 0.6) is 11.5 Å². The first-order valence-electron chi connectivity index (χ1n) is 9.08. The summed E-state index contributed by atoms with van der Waals surface area (Å²) in [6, 6.07) is 5.82. The Morgan fingerprint density at radius 3 is 2.56 bits per heavy atom. The van der Waals surface area contributed by atoms with Crippen molar-refractivity contribution in [3.05, 3.63) is 23.8 Å². The minimum atomic E-state index is -0.209. The van der Waals surface area contributed by atoms with Gasteiger partial charge < -0.3 is 24.8 Å². The zero-order valence-corrected chi connectivity index (χ0v) is 15.2. The minimum Gasteiger partial charge on any atom is -0.454 e. The number of hydrogen-bond donors (Lipinski definition) is 2. The minimum absolute atomic E-state index is 0.0339. The summed E-state index contributed by atoms with van der Waals surface area (Å²) < 4.78 is 16.2. The molecular formula is C19H28N2O4. The molecule has 0 aromatic heterocycles. The van der Waals surface area contributed by atoms with Crippen molar-refractivity contribution < 1.29 is 19.0 Å². The van der Waals surface area contributed by atoms with Gasteiger partial charge in [0, 0.05) is 19.3 Å². The molecule has 1 amide bonds. The van der Waals surface area contributed by atoms with E-state index in [1.807, 2.05) is 25.1 Å². The topological polar surface area (TPSA) is 68.8 Å². The summed E-state index contributed by atoms with van der Waals surface area (Å²) in [6.45, 7) is 7.91. The second-order valence-electron chi connectivity index (χ2n) is 7.12. The Kier molecular flexibility index (Phi) is 5.81. The zero-order valence-electron chi connectivity index (χ0n) is 15.2. The fourth-order valence-corrected chi connectivity index (χ4v) is 3.26. The standard InChI is InChI=1S/C19H28N2O4/c1-12(2)18(21-15-6-8-23-9-7-15)19(22)20-13(3)14-4-5-16-17(10-14)25-11-24-16/h4-5,10,12-13,15,18,21H,6-9,11H2,1-3H3,(H,20,22)/t13-,18+/m1/s1. The molecule has 1 fully saturated rings. The summed E-state index contributed by atoms with van der Waals surface area (Å²) in [6.07, 6.45) is 1.91. The highest BCUT2D eigenvalue weighted by Gasteiger charge is 2.27. The van der Waals surface area contributed by atoms with Gasteiger partial charge in [0.05, 0.1) is 12.1 Å². The van der Waals surface area contributed by atoms with E-state index in [9.17, 15) is 4.79 Å². The van der Waals surface area contributed by atoms with E-state index < -0.39 is 0 Å². The second-order valence-corrected chi connectivity index (χ2v) is 7.12. The van der Waals surface area contributed by atoms with Crippen LogP contribution in [0.25, 0.3) is 0 Å². The fourth-order valence-electron chi connectivity index (χ4n) is 3.26. The molecule has 138 valence electrons. The summed E-state index contributed by atoms with van der Waals surface area (Å²) in [5.74, 6) is 1.74. The van der Waals surface area contributed by atoms with Gasteiger partial charge in [-0.05, 0) is 43.4 Å². The zero-order chi connectivity index (χ0) is 17.8. The van der Waals surface area contributed by atoms with Crippen LogP contribution in [0.3, 0.4) is 0 Å². The summed E-state index contributed by atoms with van der Waals surface area (Å²) in [5.41, 5.74) is 1.01. The van der Waals surface area contributed by atoms with Gasteiger partial charge in [-0.2, -0.15) is 0 Å². The van der Waals surface area contributed by atoms with E-state index in [2.05, 4.69) is 24.5 Å². The van der Waals surface area contributed by atoms with Crippen LogP contribution < -0.4 is 20.1 Å². The fraction of sp³-hybridized carbons (Fsp3) is 0.632. The Labute approximate surface area is 149 Å². The van der Waals surface area contributed by atoms with Crippen LogP contribution in [0.4, 0.5) is 0 Å². The number of hydrogen-bond acceptors (Lipinski definition) is 5. The smallest absolute Gasteiger partial charge is 0.237 e. The lowest BCUT2D eigenvalue weighted by atomic mass is 9.99. The third kappa shape index (κ3) is 4.44. The number of amides is 1. The lowest BCUT2D eigenvalue weighted by Crippen LogP contribution is -2.52. The molecule has 2 aliphatic rings. The van der Waals surface area contributed by atoms with Gasteiger partial charge in [-0.15, -0.1) is 0 Å². The van der Waals surface area contributed by atoms with Crippen LogP contribution in [0.15, 0.2) is 18.2 Å². The molecule has 1 aromatic carbocycles. The molecule has 1 aromatic rings. The average molecular weight is 348 g/mol. The quantitative estimate of drug-likeness (QED) is 0.826. The van der Waals surface area contributed by atoms with Gasteiger partial charge >= 0.3 is 0 Å². The first kappa shape index (κ1) is 18.0. The monoisotopic (exact) mass is 348 g/mol. The van der Waals surface area contributed by atoms with Gasteiger partial charge in [-0.3, -0.25) is 4.79 Å². The van der Waals surface area contributed by atoms with Crippen LogP contribution in [0, 0.1) is 5.92 Å². The van der Waals surface area contributed by atoms with Crippen molar-refractivity contribution in [2.75, 3.05) is 20.0 Å². The van der Waals surface area contributed by atoms with Gasteiger partial charge in [0.25, 0.3) is 0 Å². The van der Waals surface area contributed by atoms with Crippen LogP contribution in [-0.2, 0) is 9.53 Å². The van der Waals surface area contributed by atoms with E-state index in [1.165, 1.54) is 0 Å². The van der Waals surface area contributed by atoms with Gasteiger partial charge in [0.2, 0.25) is 12.7 Å². The van der Waals surface area contributed by atoms with E-state index in [0.29, 0.717) is 6.04 Å². The number of nitrogens with one attached hydrogen (secondary N) is 2. The molecule has 6 nitrogen and oxygen atoms in total. The van der Waals surface area contributed by atoms with E-state index >= 15 is 0 Å². The number of fused-ring (bicyclic) bond motifs is 1. The molecule has 1 saturated heterocycles. The number of carbonyl (C=O) groups is 1. The van der Waals surface area contributed by atoms with Crippen LogP contribution >= 0.6 is 0 Å². The number of rotatable bonds is 6. The van der Waals surface area contributed by atoms with Gasteiger partial charge in [0.15, 0.2) is 11.5 Å². The molecule has 0 saturated carbocycles. The largest absolute Gasteiger partial charge is 0.454 e. The summed E-state index contributed by atoms with van der Waals surface area (Å²) in [4.78, 5) is 12.8. The number of benzene rings is 1. The van der Waals surface area contributed by atoms with E-state index in [1.54, 1.807) is 0 Å². The Morgan fingerprint density at radius 2 is 1.84 bits per heavy atom. The third-order valence-electron chi connectivity index (χ3n) is 4.84. The summed E-state index contributed by atoms with van der Waals surface area (Å²) in [5, 5.41) is 6.65. The molecule has 2 N–H and O–H groups in total. The Morgan fingerprint density at radius 1 is 1.12 bits per heavy atom. The Bertz CT molecular complexity index is 599. The Balaban J connectivity index is 1.61. The highest BCUT2D eigenvalue weighted by Crippen LogP contribution is 2.34. The molecule has 6 heteroatoms. The van der Waals surface area contributed by atoms with Crippen molar-refractivity contribution in [1.82, 2.24) is 10.6 Å². The van der Waals surface area contributed by atoms with Crippen LogP contribution in [-0.4, -0.2) is 38.0 Å². The molecule has 3 rings (SSSR count). The number of carbonyl (C=O) groups excluding carboxylic acids is 1. The predicted molar refractivity (Wildman–Crippen MR) is 94.7 cm³/mol. The normalized spacial score (nSPS) is 19.7. The van der Waals surface area contributed by atoms with Crippen molar-refractivity contribution in [2.45, 2.75) is 51.7 Å². The molecular weight excluding hydrogens is 320 g/mol. The maximum Gasteiger partial charge on any atom is 0.237 e. The van der Waals surface area contributed by atoms with Crippen LogP contribution in [0.2, 0.25) is 0 Å². The lowest BCUT2D eigenvalue weighted by Gasteiger charge is -2.30. The van der Waals surface area contributed by atoms with Crippen molar-refractivity contribution in [2.24, 2.45) is 5.92 Å². The van der Waals surface area contributed by atoms with E-state index in [-0.39, 0.29) is 30.7 Å². The molecule has 0 radical (unpaired) electrons. The third-order valence-corrected chi connectivity index (χ3v) is 4.84. The van der Waals surface area contributed by atoms with Crippen molar-refractivity contribution in [3.8, 4) is 11.5 Å². The highest BCUT2D eigenvalue weighted by molar-refractivity contribution is 5.82. The van der Waals surface area contributed by atoms with Gasteiger partial charge in [0.1, 0.15) is 0 Å². The van der Waals surface area contributed by atoms with Crippen LogP contribution in [0.1, 0.15) is 45.2 Å². The highest BCUT2D eigenvalue weighted by atomic mass is 16.7. The van der Waals surface area contributed by atoms with Gasteiger partial charge in [-0.25, -0.2) is 0 Å². The molecule has 0 unspecified atom stereocenters. The maximum absolute atomic E-state index is 12.8. The summed E-state index contributed by atoms with van der Waals surface area (Å²) in [7, 11) is 0. The van der Waals surface area contributed by atoms with E-state index in [0.717, 1.165) is 43.1 Å². The van der Waals surface area contributed by atoms with Crippen molar-refractivity contribution >= 4 is 5.91 Å². The first-order chi connectivity index (χ1) is 12.0. The molecule has 0 bridgehead atoms. The Hall–Kier alpha value is -1.79. The molecule has 25 heavy (non-hydrogen) atoms. The van der Waals surface area contributed by atoms with Gasteiger partial charge in [-0.1, -0.05) is 19.9 Å². The SMILES string of the molecule is CC(C)[C@H](NC1CCOCC1)C(=O)N[C@H](C)c1ccc2c(c1)OCO2. The molecule has 0 spiro atoms. The predicted octanol–water partition coefficient (Wildman–Crippen LogP) is 2.39. The average Bonchev–Trinajstić information content (AvgIpc) is 3.07. The van der Waals surface area contributed by atoms with Crippen molar-refractivity contribution in [3.63, 3.8) is 0 Å². The molecule has 2 heterocycles. The van der Waals surface area contributed by atoms with E-state index in [4.69, 9.17) is 14.2 Å². The first-order valence-corrected chi connectivity index (χ1v) is 9.08. The van der Waals surface area contributed by atoms with Crippen molar-refractivity contribution in [1.29, 1.82) is 0 Å². The molecule has 2 aliphatic heterocycles. The lowest BCUT2D eigenvalue weighted by molar-refractivity contribution is -0.125. The number of ether oxygens (including phenoxy) is 3. The second kappa shape index (κ2) is 8.06. The maximum atomic E-state index is 12.8.